The number of nitrogen functional groups attached to an aromatic ring is 1. The van der Waals surface area contributed by atoms with Crippen LogP contribution >= 0.6 is 0 Å². The first-order valence-electron chi connectivity index (χ1n) is 8.86. The highest BCUT2D eigenvalue weighted by Gasteiger charge is 2.32. The van der Waals surface area contributed by atoms with Crippen molar-refractivity contribution in [3.05, 3.63) is 54.2 Å². The zero-order valence-electron chi connectivity index (χ0n) is 14.6. The molecule has 1 fully saturated rings. The van der Waals surface area contributed by atoms with E-state index in [1.165, 1.54) is 6.07 Å². The van der Waals surface area contributed by atoms with Crippen LogP contribution in [-0.4, -0.2) is 20.4 Å². The van der Waals surface area contributed by atoms with Crippen molar-refractivity contribution in [2.75, 3.05) is 5.73 Å². The fourth-order valence-corrected chi connectivity index (χ4v) is 3.61. The largest absolute Gasteiger partial charge is 0.382 e. The van der Waals surface area contributed by atoms with Gasteiger partial charge in [0.2, 0.25) is 11.9 Å². The molecule has 0 unspecified atom stereocenters. The summed E-state index contributed by atoms with van der Waals surface area (Å²) in [6.45, 7) is 0.320. The van der Waals surface area contributed by atoms with Gasteiger partial charge >= 0.3 is 0 Å². The Kier molecular flexibility index (Phi) is 4.72. The molecule has 0 bridgehead atoms. The maximum Gasteiger partial charge on any atom is 0.246 e. The first kappa shape index (κ1) is 17.4. The summed E-state index contributed by atoms with van der Waals surface area (Å²) in [5, 5.41) is 0. The molecule has 3 N–H and O–H groups in total. The Morgan fingerprint density at radius 3 is 2.96 bits per heavy atom. The molecule has 0 aliphatic heterocycles. The fourth-order valence-electron chi connectivity index (χ4n) is 3.61. The van der Waals surface area contributed by atoms with Crippen molar-refractivity contribution in [1.82, 2.24) is 20.0 Å². The summed E-state index contributed by atoms with van der Waals surface area (Å²) in [6, 6.07) is 11.0. The SMILES string of the molecule is Nc1nc(F)cc2c1ncn2[C@@H]1CC[C@@H](C(=O)NOCc2ccccc2)C1. The highest BCUT2D eigenvalue weighted by atomic mass is 19.1. The van der Waals surface area contributed by atoms with E-state index in [1.807, 2.05) is 34.9 Å². The van der Waals surface area contributed by atoms with Crippen LogP contribution in [0.3, 0.4) is 0 Å². The average molecular weight is 369 g/mol. The molecular formula is C19H20FN5O2. The number of hydroxylamine groups is 1. The molecule has 0 radical (unpaired) electrons. The molecule has 8 heteroatoms. The molecule has 140 valence electrons. The lowest BCUT2D eigenvalue weighted by atomic mass is 10.1. The minimum Gasteiger partial charge on any atom is -0.382 e. The number of anilines is 1. The third-order valence-corrected chi connectivity index (χ3v) is 4.98. The summed E-state index contributed by atoms with van der Waals surface area (Å²) in [5.41, 5.74) is 10.4. The Balaban J connectivity index is 1.38. The zero-order valence-corrected chi connectivity index (χ0v) is 14.6. The maximum atomic E-state index is 13.6. The van der Waals surface area contributed by atoms with Crippen molar-refractivity contribution in [2.24, 2.45) is 5.92 Å². The number of aromatic nitrogens is 3. The highest BCUT2D eigenvalue weighted by molar-refractivity contribution is 5.85. The number of hydrogen-bond acceptors (Lipinski definition) is 5. The Morgan fingerprint density at radius 2 is 2.15 bits per heavy atom. The number of amides is 1. The predicted molar refractivity (Wildman–Crippen MR) is 97.7 cm³/mol. The number of nitrogens with two attached hydrogens (primary N) is 1. The van der Waals surface area contributed by atoms with Gasteiger partial charge in [-0.25, -0.2) is 15.4 Å². The Hall–Kier alpha value is -3.00. The van der Waals surface area contributed by atoms with Gasteiger partial charge in [-0.2, -0.15) is 4.39 Å². The van der Waals surface area contributed by atoms with E-state index in [9.17, 15) is 9.18 Å². The molecule has 0 spiro atoms. The van der Waals surface area contributed by atoms with Crippen molar-refractivity contribution in [1.29, 1.82) is 0 Å². The summed E-state index contributed by atoms with van der Waals surface area (Å²) < 4.78 is 15.5. The van der Waals surface area contributed by atoms with Crippen LogP contribution in [0.2, 0.25) is 0 Å². The van der Waals surface area contributed by atoms with Crippen LogP contribution < -0.4 is 11.2 Å². The number of pyridine rings is 1. The second kappa shape index (κ2) is 7.32. The van der Waals surface area contributed by atoms with Gasteiger partial charge < -0.3 is 10.3 Å². The molecule has 2 heterocycles. The number of imidazole rings is 1. The molecule has 1 aromatic carbocycles. The van der Waals surface area contributed by atoms with Gasteiger partial charge in [0.05, 0.1) is 18.5 Å². The Labute approximate surface area is 155 Å². The normalized spacial score (nSPS) is 19.4. The quantitative estimate of drug-likeness (QED) is 0.533. The summed E-state index contributed by atoms with van der Waals surface area (Å²) in [7, 11) is 0. The van der Waals surface area contributed by atoms with Gasteiger partial charge in [0, 0.05) is 18.0 Å². The number of fused-ring (bicyclic) bond motifs is 1. The molecule has 27 heavy (non-hydrogen) atoms. The molecule has 3 aromatic rings. The number of hydrogen-bond donors (Lipinski definition) is 2. The minimum absolute atomic E-state index is 0.0565. The van der Waals surface area contributed by atoms with Crippen LogP contribution in [-0.2, 0) is 16.2 Å². The van der Waals surface area contributed by atoms with Gasteiger partial charge in [-0.3, -0.25) is 9.63 Å². The van der Waals surface area contributed by atoms with Crippen LogP contribution in [0.4, 0.5) is 10.2 Å². The van der Waals surface area contributed by atoms with Crippen molar-refractivity contribution < 1.29 is 14.0 Å². The van der Waals surface area contributed by atoms with E-state index >= 15 is 0 Å². The first-order chi connectivity index (χ1) is 13.1. The number of nitrogens with zero attached hydrogens (tertiary/aromatic N) is 3. The fraction of sp³-hybridized carbons (Fsp3) is 0.316. The molecule has 1 amide bonds. The lowest BCUT2D eigenvalue weighted by molar-refractivity contribution is -0.138. The number of halogens is 1. The summed E-state index contributed by atoms with van der Waals surface area (Å²) in [6.07, 6.45) is 3.80. The average Bonchev–Trinajstić information content (AvgIpc) is 3.29. The predicted octanol–water partition coefficient (Wildman–Crippen LogP) is 2.74. The maximum absolute atomic E-state index is 13.6. The second-order valence-electron chi connectivity index (χ2n) is 6.75. The molecule has 1 aliphatic carbocycles. The first-order valence-corrected chi connectivity index (χ1v) is 8.86. The van der Waals surface area contributed by atoms with E-state index < -0.39 is 5.95 Å². The van der Waals surface area contributed by atoms with Gasteiger partial charge in [0.15, 0.2) is 5.82 Å². The number of nitrogens with one attached hydrogen (secondary N) is 1. The van der Waals surface area contributed by atoms with Gasteiger partial charge in [-0.15, -0.1) is 0 Å². The molecule has 7 nitrogen and oxygen atoms in total. The Bertz CT molecular complexity index is 959. The topological polar surface area (TPSA) is 95.1 Å². The smallest absolute Gasteiger partial charge is 0.246 e. The lowest BCUT2D eigenvalue weighted by Gasteiger charge is -2.14. The van der Waals surface area contributed by atoms with Gasteiger partial charge in [0.1, 0.15) is 5.52 Å². The van der Waals surface area contributed by atoms with E-state index in [0.717, 1.165) is 18.4 Å². The lowest BCUT2D eigenvalue weighted by Crippen LogP contribution is -2.29. The van der Waals surface area contributed by atoms with Crippen LogP contribution in [0.15, 0.2) is 42.7 Å². The van der Waals surface area contributed by atoms with E-state index in [0.29, 0.717) is 24.1 Å². The van der Waals surface area contributed by atoms with Gasteiger partial charge in [-0.1, -0.05) is 30.3 Å². The minimum atomic E-state index is -0.636. The second-order valence-corrected chi connectivity index (χ2v) is 6.75. The van der Waals surface area contributed by atoms with Crippen molar-refractivity contribution >= 4 is 22.8 Å². The summed E-state index contributed by atoms with van der Waals surface area (Å²) in [4.78, 5) is 25.5. The van der Waals surface area contributed by atoms with Crippen LogP contribution in [0, 0.1) is 11.9 Å². The monoisotopic (exact) mass is 369 g/mol. The zero-order chi connectivity index (χ0) is 18.8. The van der Waals surface area contributed by atoms with Gasteiger partial charge in [0.25, 0.3) is 0 Å². The van der Waals surface area contributed by atoms with E-state index in [-0.39, 0.29) is 23.7 Å². The third-order valence-electron chi connectivity index (χ3n) is 4.98. The third kappa shape index (κ3) is 3.61. The molecular weight excluding hydrogens is 349 g/mol. The Morgan fingerprint density at radius 1 is 1.33 bits per heavy atom. The molecule has 2 aromatic heterocycles. The number of carbonyl (C=O) groups excluding carboxylic acids is 1. The molecule has 0 saturated heterocycles. The van der Waals surface area contributed by atoms with Crippen molar-refractivity contribution in [3.8, 4) is 0 Å². The van der Waals surface area contributed by atoms with Crippen molar-refractivity contribution in [3.63, 3.8) is 0 Å². The van der Waals surface area contributed by atoms with Crippen LogP contribution in [0.5, 0.6) is 0 Å². The van der Waals surface area contributed by atoms with E-state index in [1.54, 1.807) is 6.33 Å². The standard InChI is InChI=1S/C19H20FN5O2/c20-16-9-15-17(18(21)23-16)22-11-25(15)14-7-6-13(8-14)19(26)24-27-10-12-4-2-1-3-5-12/h1-5,9,11,13-14H,6-8,10H2,(H2,21,23)(H,24,26)/t13-,14-/m1/s1. The molecule has 4 rings (SSSR count). The van der Waals surface area contributed by atoms with E-state index in [4.69, 9.17) is 10.6 Å². The summed E-state index contributed by atoms with van der Waals surface area (Å²) in [5.74, 6) is -0.855. The number of benzene rings is 1. The van der Waals surface area contributed by atoms with Crippen molar-refractivity contribution in [2.45, 2.75) is 31.9 Å². The number of rotatable bonds is 5. The summed E-state index contributed by atoms with van der Waals surface area (Å²) >= 11 is 0. The molecule has 2 atom stereocenters. The molecule has 1 aliphatic rings. The number of carbonyl (C=O) groups is 1. The van der Waals surface area contributed by atoms with Crippen LogP contribution in [0.1, 0.15) is 30.9 Å². The molecule has 1 saturated carbocycles. The van der Waals surface area contributed by atoms with Crippen LogP contribution in [0.25, 0.3) is 11.0 Å². The highest BCUT2D eigenvalue weighted by Crippen LogP contribution is 2.37. The van der Waals surface area contributed by atoms with Gasteiger partial charge in [-0.05, 0) is 24.8 Å². The van der Waals surface area contributed by atoms with E-state index in [2.05, 4.69) is 15.4 Å².